The topological polar surface area (TPSA) is 61.9 Å². The Bertz CT molecular complexity index is 659. The number of benzene rings is 2. The van der Waals surface area contributed by atoms with Crippen molar-refractivity contribution >= 4 is 17.1 Å². The molecule has 3 heteroatoms. The second kappa shape index (κ2) is 4.43. The summed E-state index contributed by atoms with van der Waals surface area (Å²) in [5, 5.41) is 11.7. The zero-order valence-electron chi connectivity index (χ0n) is 11.0. The van der Waals surface area contributed by atoms with Crippen LogP contribution in [-0.2, 0) is 6.42 Å². The summed E-state index contributed by atoms with van der Waals surface area (Å²) in [6.07, 6.45) is 1.07. The van der Waals surface area contributed by atoms with Crippen LogP contribution in [0.5, 0.6) is 0 Å². The van der Waals surface area contributed by atoms with Crippen molar-refractivity contribution in [1.29, 1.82) is 5.41 Å². The average molecular weight is 251 g/mol. The highest BCUT2D eigenvalue weighted by atomic mass is 14.9. The van der Waals surface area contributed by atoms with E-state index in [4.69, 9.17) is 11.1 Å². The molecule has 3 rings (SSSR count). The van der Waals surface area contributed by atoms with Gasteiger partial charge < -0.3 is 11.1 Å². The van der Waals surface area contributed by atoms with Crippen LogP contribution in [0.1, 0.15) is 22.3 Å². The normalized spacial score (nSPS) is 12.9. The van der Waals surface area contributed by atoms with Crippen LogP contribution in [0.4, 0.5) is 11.4 Å². The summed E-state index contributed by atoms with van der Waals surface area (Å²) in [6.45, 7) is 2.99. The largest absolute Gasteiger partial charge is 0.398 e. The predicted molar refractivity (Wildman–Crippen MR) is 80.2 cm³/mol. The highest BCUT2D eigenvalue weighted by molar-refractivity contribution is 6.14. The molecule has 0 fully saturated rings. The lowest BCUT2D eigenvalue weighted by atomic mass is 9.98. The first-order valence-electron chi connectivity index (χ1n) is 6.47. The third-order valence-electron chi connectivity index (χ3n) is 3.58. The first-order valence-corrected chi connectivity index (χ1v) is 6.47. The Kier molecular flexibility index (Phi) is 2.75. The van der Waals surface area contributed by atoms with Crippen LogP contribution in [-0.4, -0.2) is 12.3 Å². The van der Waals surface area contributed by atoms with Gasteiger partial charge in [-0.25, -0.2) is 0 Å². The highest BCUT2D eigenvalue weighted by Gasteiger charge is 2.14. The van der Waals surface area contributed by atoms with Crippen LogP contribution >= 0.6 is 0 Å². The van der Waals surface area contributed by atoms with Crippen LogP contribution in [0.15, 0.2) is 36.4 Å². The van der Waals surface area contributed by atoms with Gasteiger partial charge in [0.1, 0.15) is 0 Å². The van der Waals surface area contributed by atoms with Gasteiger partial charge >= 0.3 is 0 Å². The Morgan fingerprint density at radius 1 is 1.21 bits per heavy atom. The number of nitrogens with two attached hydrogens (primary N) is 1. The molecule has 19 heavy (non-hydrogen) atoms. The first-order chi connectivity index (χ1) is 9.15. The molecular weight excluding hydrogens is 234 g/mol. The number of fused-ring (bicyclic) bond motifs is 1. The Morgan fingerprint density at radius 3 is 2.84 bits per heavy atom. The van der Waals surface area contributed by atoms with Crippen LogP contribution in [0, 0.1) is 12.3 Å². The van der Waals surface area contributed by atoms with Gasteiger partial charge in [0.25, 0.3) is 0 Å². The van der Waals surface area contributed by atoms with Gasteiger partial charge in [-0.1, -0.05) is 24.3 Å². The van der Waals surface area contributed by atoms with Crippen molar-refractivity contribution in [2.45, 2.75) is 13.3 Å². The van der Waals surface area contributed by atoms with Crippen LogP contribution in [0.2, 0.25) is 0 Å². The second-order valence-corrected chi connectivity index (χ2v) is 5.01. The summed E-state index contributed by atoms with van der Waals surface area (Å²) in [6, 6.07) is 12.0. The standard InChI is InChI=1S/C16H17N3/c1-10-2-5-13(14(17)8-10)16(18)12-4-3-11-6-7-19-15(11)9-12/h2-5,8-9,18-19H,6-7,17H2,1H3. The second-order valence-electron chi connectivity index (χ2n) is 5.01. The number of nitrogen functional groups attached to an aromatic ring is 1. The van der Waals surface area contributed by atoms with Crippen molar-refractivity contribution in [1.82, 2.24) is 0 Å². The summed E-state index contributed by atoms with van der Waals surface area (Å²) >= 11 is 0. The number of aryl methyl sites for hydroxylation is 1. The Morgan fingerprint density at radius 2 is 2.05 bits per heavy atom. The van der Waals surface area contributed by atoms with Gasteiger partial charge in [0.2, 0.25) is 0 Å². The van der Waals surface area contributed by atoms with Crippen molar-refractivity contribution in [3.8, 4) is 0 Å². The van der Waals surface area contributed by atoms with Crippen LogP contribution in [0.25, 0.3) is 0 Å². The molecule has 0 saturated heterocycles. The van der Waals surface area contributed by atoms with E-state index >= 15 is 0 Å². The molecule has 0 aromatic heterocycles. The molecule has 1 aliphatic rings. The van der Waals surface area contributed by atoms with Gasteiger partial charge in [-0.05, 0) is 36.6 Å². The minimum Gasteiger partial charge on any atom is -0.398 e. The van der Waals surface area contributed by atoms with E-state index in [1.807, 2.05) is 37.3 Å². The molecule has 4 N–H and O–H groups in total. The number of hydrogen-bond donors (Lipinski definition) is 3. The maximum absolute atomic E-state index is 8.34. The summed E-state index contributed by atoms with van der Waals surface area (Å²) in [5.41, 5.74) is 12.5. The molecule has 0 aliphatic carbocycles. The third kappa shape index (κ3) is 2.08. The van der Waals surface area contributed by atoms with E-state index in [0.717, 1.165) is 35.3 Å². The smallest absolute Gasteiger partial charge is 0.0705 e. The summed E-state index contributed by atoms with van der Waals surface area (Å²) in [7, 11) is 0. The quantitative estimate of drug-likeness (QED) is 0.567. The Labute approximate surface area is 113 Å². The lowest BCUT2D eigenvalue weighted by Gasteiger charge is -2.10. The molecule has 2 aromatic carbocycles. The molecule has 1 aliphatic heterocycles. The van der Waals surface area contributed by atoms with Crippen molar-refractivity contribution < 1.29 is 0 Å². The van der Waals surface area contributed by atoms with E-state index in [1.165, 1.54) is 5.56 Å². The average Bonchev–Trinajstić information content (AvgIpc) is 2.85. The van der Waals surface area contributed by atoms with Gasteiger partial charge in [-0.15, -0.1) is 0 Å². The van der Waals surface area contributed by atoms with Crippen molar-refractivity contribution in [2.75, 3.05) is 17.6 Å². The van der Waals surface area contributed by atoms with Gasteiger partial charge in [0, 0.05) is 29.0 Å². The van der Waals surface area contributed by atoms with Crippen molar-refractivity contribution in [3.63, 3.8) is 0 Å². The number of rotatable bonds is 2. The summed E-state index contributed by atoms with van der Waals surface area (Å²) < 4.78 is 0. The zero-order valence-corrected chi connectivity index (χ0v) is 11.0. The molecule has 3 nitrogen and oxygen atoms in total. The highest BCUT2D eigenvalue weighted by Crippen LogP contribution is 2.25. The maximum Gasteiger partial charge on any atom is 0.0705 e. The van der Waals surface area contributed by atoms with Crippen LogP contribution in [0.3, 0.4) is 0 Å². The molecule has 0 unspecified atom stereocenters. The first kappa shape index (κ1) is 11.8. The fraction of sp³-hybridized carbons (Fsp3) is 0.188. The fourth-order valence-electron chi connectivity index (χ4n) is 2.51. The molecular formula is C16H17N3. The van der Waals surface area contributed by atoms with Crippen molar-refractivity contribution in [3.05, 3.63) is 58.7 Å². The Hall–Kier alpha value is -2.29. The Balaban J connectivity index is 2.00. The van der Waals surface area contributed by atoms with Gasteiger partial charge in [0.15, 0.2) is 0 Å². The molecule has 1 heterocycles. The van der Waals surface area contributed by atoms with Crippen molar-refractivity contribution in [2.24, 2.45) is 0 Å². The molecule has 0 bridgehead atoms. The maximum atomic E-state index is 8.34. The van der Waals surface area contributed by atoms with Gasteiger partial charge in [0.05, 0.1) is 5.71 Å². The lowest BCUT2D eigenvalue weighted by molar-refractivity contribution is 1.11. The molecule has 0 atom stereocenters. The van der Waals surface area contributed by atoms with E-state index in [1.54, 1.807) is 0 Å². The van der Waals surface area contributed by atoms with Crippen LogP contribution < -0.4 is 11.1 Å². The lowest BCUT2D eigenvalue weighted by Crippen LogP contribution is -2.06. The molecule has 2 aromatic rings. The summed E-state index contributed by atoms with van der Waals surface area (Å²) in [5.74, 6) is 0. The molecule has 96 valence electrons. The molecule has 0 amide bonds. The van der Waals surface area contributed by atoms with Gasteiger partial charge in [-0.3, -0.25) is 5.41 Å². The van der Waals surface area contributed by atoms with E-state index in [0.29, 0.717) is 11.4 Å². The van der Waals surface area contributed by atoms with E-state index in [-0.39, 0.29) is 0 Å². The van der Waals surface area contributed by atoms with Gasteiger partial charge in [-0.2, -0.15) is 0 Å². The number of anilines is 2. The molecule has 0 spiro atoms. The molecule has 0 saturated carbocycles. The third-order valence-corrected chi connectivity index (χ3v) is 3.58. The number of nitrogens with one attached hydrogen (secondary N) is 2. The minimum atomic E-state index is 0.481. The molecule has 0 radical (unpaired) electrons. The minimum absolute atomic E-state index is 0.481. The fourth-order valence-corrected chi connectivity index (χ4v) is 2.51. The number of hydrogen-bond acceptors (Lipinski definition) is 3. The monoisotopic (exact) mass is 251 g/mol. The van der Waals surface area contributed by atoms with E-state index < -0.39 is 0 Å². The summed E-state index contributed by atoms with van der Waals surface area (Å²) in [4.78, 5) is 0. The van der Waals surface area contributed by atoms with E-state index in [2.05, 4.69) is 11.4 Å². The zero-order chi connectivity index (χ0) is 13.4. The predicted octanol–water partition coefficient (Wildman–Crippen LogP) is 2.96. The SMILES string of the molecule is Cc1ccc(C(=N)c2ccc3c(c2)NCC3)c(N)c1. The van der Waals surface area contributed by atoms with E-state index in [9.17, 15) is 0 Å².